The Hall–Kier alpha value is 0.511. The molecule has 0 radical (unpaired) electrons. The summed E-state index contributed by atoms with van der Waals surface area (Å²) in [6, 6.07) is 0. The number of rotatable bonds is 13. The van der Waals surface area contributed by atoms with E-state index in [0.29, 0.717) is 6.42 Å². The molecule has 0 fully saturated rings. The monoisotopic (exact) mass is 426 g/mol. The molecule has 5 heteroatoms. The van der Waals surface area contributed by atoms with Crippen molar-refractivity contribution in [1.82, 2.24) is 0 Å². The van der Waals surface area contributed by atoms with E-state index in [9.17, 15) is 9.59 Å². The van der Waals surface area contributed by atoms with Crippen molar-refractivity contribution in [2.24, 2.45) is 5.41 Å². The Morgan fingerprint density at radius 1 is 0.762 bits per heavy atom. The first-order valence-corrected chi connectivity index (χ1v) is 7.92. The number of aliphatic carboxylic acids is 2. The summed E-state index contributed by atoms with van der Waals surface area (Å²) in [6.07, 6.45) is 11.8. The SMILES string of the molecule is CCCCCCCCCCCCC(C)(C(=O)O)C(=O)O.[BaH2]. The van der Waals surface area contributed by atoms with Crippen LogP contribution in [0.4, 0.5) is 0 Å². The number of carboxylic acid groups (broad SMARTS) is 2. The molecule has 0 aromatic rings. The Labute approximate surface area is 169 Å². The van der Waals surface area contributed by atoms with Gasteiger partial charge in [0.2, 0.25) is 0 Å². The summed E-state index contributed by atoms with van der Waals surface area (Å²) >= 11 is 0. The Morgan fingerprint density at radius 3 is 1.43 bits per heavy atom. The fraction of sp³-hybridized carbons (Fsp3) is 0.875. The van der Waals surface area contributed by atoms with Crippen LogP contribution in [0.15, 0.2) is 0 Å². The summed E-state index contributed by atoms with van der Waals surface area (Å²) in [5.74, 6) is -2.47. The van der Waals surface area contributed by atoms with Gasteiger partial charge in [-0.1, -0.05) is 71.1 Å². The molecule has 2 N–H and O–H groups in total. The van der Waals surface area contributed by atoms with Crippen molar-refractivity contribution in [2.45, 2.75) is 84.5 Å². The van der Waals surface area contributed by atoms with E-state index in [1.807, 2.05) is 0 Å². The van der Waals surface area contributed by atoms with Gasteiger partial charge in [-0.2, -0.15) is 0 Å². The Kier molecular flexibility index (Phi) is 16.0. The molecule has 0 bridgehead atoms. The molecule has 0 atom stereocenters. The van der Waals surface area contributed by atoms with Gasteiger partial charge in [-0.3, -0.25) is 9.59 Å². The molecule has 0 heterocycles. The van der Waals surface area contributed by atoms with E-state index in [-0.39, 0.29) is 55.3 Å². The molecule has 0 spiro atoms. The number of carboxylic acids is 2. The molecule has 0 saturated carbocycles. The first kappa shape index (κ1) is 23.8. The molecule has 122 valence electrons. The zero-order valence-corrected chi connectivity index (χ0v) is 13.0. The molecule has 0 aliphatic heterocycles. The normalized spacial score (nSPS) is 11.0. The van der Waals surface area contributed by atoms with Crippen LogP contribution in [0.3, 0.4) is 0 Å². The fourth-order valence-electron chi connectivity index (χ4n) is 2.27. The number of hydrogen-bond acceptors (Lipinski definition) is 2. The van der Waals surface area contributed by atoms with Gasteiger partial charge in [0, 0.05) is 0 Å². The van der Waals surface area contributed by atoms with Gasteiger partial charge < -0.3 is 10.2 Å². The van der Waals surface area contributed by atoms with Crippen molar-refractivity contribution in [2.75, 3.05) is 0 Å². The number of unbranched alkanes of at least 4 members (excludes halogenated alkanes) is 9. The quantitative estimate of drug-likeness (QED) is 0.269. The van der Waals surface area contributed by atoms with Gasteiger partial charge in [-0.25, -0.2) is 0 Å². The van der Waals surface area contributed by atoms with Crippen LogP contribution < -0.4 is 0 Å². The van der Waals surface area contributed by atoms with Gasteiger partial charge in [-0.15, -0.1) is 0 Å². The molecule has 0 aliphatic carbocycles. The van der Waals surface area contributed by atoms with Gasteiger partial charge in [0.05, 0.1) is 0 Å². The average molecular weight is 426 g/mol. The zero-order chi connectivity index (χ0) is 15.4. The summed E-state index contributed by atoms with van der Waals surface area (Å²) in [7, 11) is 0. The zero-order valence-electron chi connectivity index (χ0n) is 13.0. The van der Waals surface area contributed by atoms with E-state index in [4.69, 9.17) is 10.2 Å². The maximum absolute atomic E-state index is 11.0. The summed E-state index contributed by atoms with van der Waals surface area (Å²) in [5.41, 5.74) is -1.62. The first-order valence-electron chi connectivity index (χ1n) is 7.92. The van der Waals surface area contributed by atoms with Crippen LogP contribution in [0.5, 0.6) is 0 Å². The average Bonchev–Trinajstić information content (AvgIpc) is 2.40. The molecule has 4 nitrogen and oxygen atoms in total. The molecular formula is C16H32BaO4. The van der Waals surface area contributed by atoms with Crippen LogP contribution in [0.2, 0.25) is 0 Å². The van der Waals surface area contributed by atoms with Gasteiger partial charge in [0.1, 0.15) is 0 Å². The second kappa shape index (κ2) is 14.1. The van der Waals surface area contributed by atoms with Crippen LogP contribution in [0, 0.1) is 5.41 Å². The van der Waals surface area contributed by atoms with E-state index < -0.39 is 17.4 Å². The second-order valence-electron chi connectivity index (χ2n) is 5.87. The molecule has 0 aromatic heterocycles. The third-order valence-corrected chi connectivity index (χ3v) is 3.97. The summed E-state index contributed by atoms with van der Waals surface area (Å²) in [4.78, 5) is 21.9. The van der Waals surface area contributed by atoms with E-state index in [0.717, 1.165) is 12.8 Å². The minimum absolute atomic E-state index is 0. The van der Waals surface area contributed by atoms with Gasteiger partial charge >= 0.3 is 60.8 Å². The molecular weight excluding hydrogens is 394 g/mol. The van der Waals surface area contributed by atoms with Crippen molar-refractivity contribution in [3.63, 3.8) is 0 Å². The molecule has 0 rings (SSSR count). The Bertz CT molecular complexity index is 278. The van der Waals surface area contributed by atoms with Crippen molar-refractivity contribution >= 4 is 60.8 Å². The molecule has 0 unspecified atom stereocenters. The van der Waals surface area contributed by atoms with E-state index in [1.54, 1.807) is 0 Å². The standard InChI is InChI=1S/C16H30O4.Ba.2H/c1-3-4-5-6-7-8-9-10-11-12-13-16(2,14(17)18)15(19)20;;;/h3-13H2,1-2H3,(H,17,18)(H,19,20);;;. The van der Waals surface area contributed by atoms with E-state index in [1.165, 1.54) is 51.9 Å². The summed E-state index contributed by atoms with van der Waals surface area (Å²) < 4.78 is 0. The van der Waals surface area contributed by atoms with E-state index in [2.05, 4.69) is 6.92 Å². The van der Waals surface area contributed by atoms with Crippen molar-refractivity contribution in [1.29, 1.82) is 0 Å². The van der Waals surface area contributed by atoms with E-state index >= 15 is 0 Å². The van der Waals surface area contributed by atoms with Crippen LogP contribution in [-0.4, -0.2) is 71.0 Å². The summed E-state index contributed by atoms with van der Waals surface area (Å²) in [5, 5.41) is 17.9. The predicted octanol–water partition coefficient (Wildman–Crippen LogP) is 3.56. The molecule has 0 aromatic carbocycles. The third kappa shape index (κ3) is 10.8. The Balaban J connectivity index is 0. The molecule has 21 heavy (non-hydrogen) atoms. The topological polar surface area (TPSA) is 74.6 Å². The van der Waals surface area contributed by atoms with Crippen LogP contribution >= 0.6 is 0 Å². The Morgan fingerprint density at radius 2 is 1.10 bits per heavy atom. The van der Waals surface area contributed by atoms with Crippen LogP contribution in [0.25, 0.3) is 0 Å². The first-order chi connectivity index (χ1) is 9.45. The molecule has 0 aliphatic rings. The predicted molar refractivity (Wildman–Crippen MR) is 88.4 cm³/mol. The van der Waals surface area contributed by atoms with Crippen molar-refractivity contribution in [3.8, 4) is 0 Å². The maximum atomic E-state index is 11.0. The van der Waals surface area contributed by atoms with Crippen LogP contribution in [-0.2, 0) is 9.59 Å². The summed E-state index contributed by atoms with van der Waals surface area (Å²) in [6.45, 7) is 3.51. The van der Waals surface area contributed by atoms with Gasteiger partial charge in [0.25, 0.3) is 0 Å². The third-order valence-electron chi connectivity index (χ3n) is 3.97. The van der Waals surface area contributed by atoms with Gasteiger partial charge in [-0.05, 0) is 13.3 Å². The second-order valence-corrected chi connectivity index (χ2v) is 5.87. The van der Waals surface area contributed by atoms with Crippen molar-refractivity contribution < 1.29 is 19.8 Å². The van der Waals surface area contributed by atoms with Crippen LogP contribution in [0.1, 0.15) is 84.5 Å². The number of carbonyl (C=O) groups is 2. The fourth-order valence-corrected chi connectivity index (χ4v) is 2.27. The van der Waals surface area contributed by atoms with Crippen molar-refractivity contribution in [3.05, 3.63) is 0 Å². The van der Waals surface area contributed by atoms with Gasteiger partial charge in [0.15, 0.2) is 5.41 Å². The minimum atomic E-state index is -1.62. The molecule has 0 saturated heterocycles. The molecule has 0 amide bonds. The number of hydrogen-bond donors (Lipinski definition) is 2.